The van der Waals surface area contributed by atoms with Crippen LogP contribution in [0.5, 0.6) is 0 Å². The van der Waals surface area contributed by atoms with E-state index in [1.165, 1.54) is 0 Å². The number of rotatable bonds is 4. The molecular weight excluding hydrogens is 255 g/mol. The van der Waals surface area contributed by atoms with E-state index in [4.69, 9.17) is 6.42 Å². The molecule has 1 unspecified atom stereocenters. The van der Waals surface area contributed by atoms with E-state index < -0.39 is 12.1 Å². The van der Waals surface area contributed by atoms with Crippen LogP contribution < -0.4 is 5.32 Å². The fourth-order valence-electron chi connectivity index (χ4n) is 2.44. The molecule has 0 bridgehead atoms. The molecule has 1 atom stereocenters. The zero-order valence-electron chi connectivity index (χ0n) is 11.1. The lowest BCUT2D eigenvalue weighted by atomic mass is 9.81. The van der Waals surface area contributed by atoms with Crippen LogP contribution in [0.4, 0.5) is 13.2 Å². The van der Waals surface area contributed by atoms with E-state index in [1.54, 1.807) is 0 Å². The minimum atomic E-state index is -4.13. The molecule has 0 aromatic carbocycles. The Bertz CT molecular complexity index is 338. The Morgan fingerprint density at radius 2 is 1.95 bits per heavy atom. The second kappa shape index (κ2) is 6.83. The third kappa shape index (κ3) is 4.77. The standard InChI is InChI=1S/C14H20F3NO/c1-3-5-12(4-2)18-13(19)10-6-8-11(9-7-10)14(15,16)17/h1,10-12H,4-9H2,2H3,(H,18,19). The molecular formula is C14H20F3NO. The van der Waals surface area contributed by atoms with Gasteiger partial charge in [-0.1, -0.05) is 6.92 Å². The van der Waals surface area contributed by atoms with E-state index >= 15 is 0 Å². The maximum absolute atomic E-state index is 12.5. The number of terminal acetylenes is 1. The molecule has 108 valence electrons. The minimum absolute atomic E-state index is 0.0491. The van der Waals surface area contributed by atoms with E-state index in [2.05, 4.69) is 11.2 Å². The molecule has 1 aliphatic carbocycles. The van der Waals surface area contributed by atoms with Crippen LogP contribution in [0.1, 0.15) is 45.4 Å². The highest BCUT2D eigenvalue weighted by Crippen LogP contribution is 2.39. The van der Waals surface area contributed by atoms with Crippen molar-refractivity contribution >= 4 is 5.91 Å². The van der Waals surface area contributed by atoms with Crippen LogP contribution >= 0.6 is 0 Å². The van der Waals surface area contributed by atoms with Crippen molar-refractivity contribution in [2.75, 3.05) is 0 Å². The van der Waals surface area contributed by atoms with Crippen molar-refractivity contribution in [3.8, 4) is 12.3 Å². The second-order valence-corrected chi connectivity index (χ2v) is 5.11. The Balaban J connectivity index is 2.43. The van der Waals surface area contributed by atoms with E-state index in [9.17, 15) is 18.0 Å². The van der Waals surface area contributed by atoms with Gasteiger partial charge in [0.25, 0.3) is 0 Å². The SMILES string of the molecule is C#CCC(CC)NC(=O)C1CCC(C(F)(F)F)CC1. The first-order chi connectivity index (χ1) is 8.88. The topological polar surface area (TPSA) is 29.1 Å². The Kier molecular flexibility index (Phi) is 5.71. The Morgan fingerprint density at radius 1 is 1.37 bits per heavy atom. The molecule has 1 rings (SSSR count). The molecule has 1 fully saturated rings. The maximum Gasteiger partial charge on any atom is 0.391 e. The fourth-order valence-corrected chi connectivity index (χ4v) is 2.44. The van der Waals surface area contributed by atoms with E-state index in [0.29, 0.717) is 19.3 Å². The zero-order chi connectivity index (χ0) is 14.5. The zero-order valence-corrected chi connectivity index (χ0v) is 11.1. The highest BCUT2D eigenvalue weighted by Gasteiger charge is 2.42. The molecule has 0 radical (unpaired) electrons. The van der Waals surface area contributed by atoms with Gasteiger partial charge in [-0.25, -0.2) is 0 Å². The number of alkyl halides is 3. The number of hydrogen-bond donors (Lipinski definition) is 1. The predicted molar refractivity (Wildman–Crippen MR) is 67.2 cm³/mol. The first-order valence-electron chi connectivity index (χ1n) is 6.69. The molecule has 1 aliphatic rings. The molecule has 0 aromatic rings. The van der Waals surface area contributed by atoms with Crippen molar-refractivity contribution in [3.63, 3.8) is 0 Å². The van der Waals surface area contributed by atoms with Crippen LogP contribution in [-0.4, -0.2) is 18.1 Å². The van der Waals surface area contributed by atoms with Crippen LogP contribution in [0.3, 0.4) is 0 Å². The summed E-state index contributed by atoms with van der Waals surface area (Å²) in [6.07, 6.45) is 2.97. The van der Waals surface area contributed by atoms with Crippen molar-refractivity contribution in [2.24, 2.45) is 11.8 Å². The Morgan fingerprint density at radius 3 is 2.37 bits per heavy atom. The van der Waals surface area contributed by atoms with Crippen LogP contribution in [0.2, 0.25) is 0 Å². The van der Waals surface area contributed by atoms with Gasteiger partial charge in [0.1, 0.15) is 0 Å². The summed E-state index contributed by atoms with van der Waals surface area (Å²) in [5, 5.41) is 2.83. The van der Waals surface area contributed by atoms with Gasteiger partial charge in [0, 0.05) is 18.4 Å². The molecule has 1 N–H and O–H groups in total. The number of carbonyl (C=O) groups excluding carboxylic acids is 1. The molecule has 1 amide bonds. The maximum atomic E-state index is 12.5. The van der Waals surface area contributed by atoms with E-state index in [1.807, 2.05) is 6.92 Å². The van der Waals surface area contributed by atoms with Crippen LogP contribution in [0.25, 0.3) is 0 Å². The molecule has 2 nitrogen and oxygen atoms in total. The highest BCUT2D eigenvalue weighted by atomic mass is 19.4. The van der Waals surface area contributed by atoms with Gasteiger partial charge in [-0.15, -0.1) is 12.3 Å². The summed E-state index contributed by atoms with van der Waals surface area (Å²) in [5.41, 5.74) is 0. The summed E-state index contributed by atoms with van der Waals surface area (Å²) < 4.78 is 37.5. The summed E-state index contributed by atoms with van der Waals surface area (Å²) in [4.78, 5) is 11.9. The lowest BCUT2D eigenvalue weighted by Crippen LogP contribution is -2.40. The van der Waals surface area contributed by atoms with Crippen molar-refractivity contribution in [1.82, 2.24) is 5.32 Å². The number of nitrogens with one attached hydrogen (secondary N) is 1. The first kappa shape index (κ1) is 15.9. The minimum Gasteiger partial charge on any atom is -0.352 e. The normalized spacial score (nSPS) is 25.4. The first-order valence-corrected chi connectivity index (χ1v) is 6.69. The molecule has 1 saturated carbocycles. The molecule has 0 aliphatic heterocycles. The smallest absolute Gasteiger partial charge is 0.352 e. The summed E-state index contributed by atoms with van der Waals surface area (Å²) >= 11 is 0. The van der Waals surface area contributed by atoms with Gasteiger partial charge >= 0.3 is 6.18 Å². The Labute approximate surface area is 112 Å². The predicted octanol–water partition coefficient (Wildman–Crippen LogP) is 3.27. The molecule has 0 heterocycles. The number of carbonyl (C=O) groups is 1. The third-order valence-electron chi connectivity index (χ3n) is 3.76. The molecule has 0 saturated heterocycles. The largest absolute Gasteiger partial charge is 0.391 e. The summed E-state index contributed by atoms with van der Waals surface area (Å²) in [7, 11) is 0. The van der Waals surface area contributed by atoms with Crippen molar-refractivity contribution < 1.29 is 18.0 Å². The quantitative estimate of drug-likeness (QED) is 0.784. The fraction of sp³-hybridized carbons (Fsp3) is 0.786. The monoisotopic (exact) mass is 275 g/mol. The lowest BCUT2D eigenvalue weighted by molar-refractivity contribution is -0.184. The number of amides is 1. The van der Waals surface area contributed by atoms with Crippen LogP contribution in [0, 0.1) is 24.2 Å². The van der Waals surface area contributed by atoms with Gasteiger partial charge in [-0.2, -0.15) is 13.2 Å². The van der Waals surface area contributed by atoms with Crippen molar-refractivity contribution in [1.29, 1.82) is 0 Å². The number of hydrogen-bond acceptors (Lipinski definition) is 1. The van der Waals surface area contributed by atoms with Gasteiger partial charge in [-0.05, 0) is 32.1 Å². The lowest BCUT2D eigenvalue weighted by Gasteiger charge is -2.30. The Hall–Kier alpha value is -1.18. The van der Waals surface area contributed by atoms with E-state index in [-0.39, 0.29) is 30.7 Å². The highest BCUT2D eigenvalue weighted by molar-refractivity contribution is 5.79. The average Bonchev–Trinajstić information content (AvgIpc) is 2.37. The second-order valence-electron chi connectivity index (χ2n) is 5.11. The van der Waals surface area contributed by atoms with Crippen LogP contribution in [-0.2, 0) is 4.79 Å². The van der Waals surface area contributed by atoms with Crippen LogP contribution in [0.15, 0.2) is 0 Å². The van der Waals surface area contributed by atoms with Gasteiger partial charge in [0.15, 0.2) is 0 Å². The molecule has 0 spiro atoms. The van der Waals surface area contributed by atoms with Crippen molar-refractivity contribution in [2.45, 2.75) is 57.7 Å². The third-order valence-corrected chi connectivity index (χ3v) is 3.76. The summed E-state index contributed by atoms with van der Waals surface area (Å²) in [5.74, 6) is 0.794. The van der Waals surface area contributed by atoms with Gasteiger partial charge in [-0.3, -0.25) is 4.79 Å². The van der Waals surface area contributed by atoms with Crippen molar-refractivity contribution in [3.05, 3.63) is 0 Å². The molecule has 0 aromatic heterocycles. The summed E-state index contributed by atoms with van der Waals surface area (Å²) in [6.45, 7) is 1.92. The van der Waals surface area contributed by atoms with E-state index in [0.717, 1.165) is 6.42 Å². The number of halogens is 3. The molecule has 19 heavy (non-hydrogen) atoms. The average molecular weight is 275 g/mol. The van der Waals surface area contributed by atoms with Gasteiger partial charge in [0.2, 0.25) is 5.91 Å². The molecule has 5 heteroatoms. The van der Waals surface area contributed by atoms with Gasteiger partial charge < -0.3 is 5.32 Å². The summed E-state index contributed by atoms with van der Waals surface area (Å²) in [6, 6.07) is -0.0714. The van der Waals surface area contributed by atoms with Gasteiger partial charge in [0.05, 0.1) is 5.92 Å².